The minimum absolute atomic E-state index is 0.0685. The molecule has 4 atom stereocenters. The number of carbonyl (C=O) groups is 1. The minimum Gasteiger partial charge on any atom is -0.298 e. The first-order valence-electron chi connectivity index (χ1n) is 5.32. The number of rotatable bonds is 1. The maximum atomic E-state index is 12.1. The van der Waals surface area contributed by atoms with E-state index >= 15 is 0 Å². The van der Waals surface area contributed by atoms with Gasteiger partial charge < -0.3 is 0 Å². The Kier molecular flexibility index (Phi) is 1.92. The van der Waals surface area contributed by atoms with E-state index in [9.17, 15) is 4.79 Å². The molecule has 0 aromatic heterocycles. The van der Waals surface area contributed by atoms with Crippen LogP contribution in [0.4, 0.5) is 0 Å². The zero-order chi connectivity index (χ0) is 11.3. The standard InChI is InChI=1S/C12H14N2O/c1-11(5-6-13)9-3-4-12(11,2)10(15)8(9)7-14/h8-9H,3-5H2,1-2H3/t8-,9+,11+,12-/m0/s1. The molecule has 0 unspecified atom stereocenters. The third-order valence-electron chi connectivity index (χ3n) is 4.85. The highest BCUT2D eigenvalue weighted by atomic mass is 16.1. The van der Waals surface area contributed by atoms with Crippen LogP contribution in [0.3, 0.4) is 0 Å². The van der Waals surface area contributed by atoms with Crippen molar-refractivity contribution in [3.63, 3.8) is 0 Å². The van der Waals surface area contributed by atoms with Gasteiger partial charge in [0.25, 0.3) is 0 Å². The van der Waals surface area contributed by atoms with E-state index in [1.165, 1.54) is 0 Å². The maximum absolute atomic E-state index is 12.1. The maximum Gasteiger partial charge on any atom is 0.156 e. The lowest BCUT2D eigenvalue weighted by Crippen LogP contribution is -2.35. The van der Waals surface area contributed by atoms with Crippen LogP contribution in [0.15, 0.2) is 0 Å². The van der Waals surface area contributed by atoms with Gasteiger partial charge in [-0.3, -0.25) is 4.79 Å². The SMILES string of the molecule is C[C@]12CC[C@H]([C@H](C#N)C1=O)[C@@]2(C)CC#N. The molecule has 15 heavy (non-hydrogen) atoms. The molecule has 0 N–H and O–H groups in total. The number of hydrogen-bond acceptors (Lipinski definition) is 3. The van der Waals surface area contributed by atoms with Crippen LogP contribution in [0.1, 0.15) is 33.1 Å². The lowest BCUT2D eigenvalue weighted by atomic mass is 9.67. The number of Topliss-reactive ketones (excluding diaryl/α,β-unsaturated/α-hetero) is 1. The molecule has 0 aliphatic heterocycles. The molecule has 0 aromatic carbocycles. The quantitative estimate of drug-likeness (QED) is 0.653. The van der Waals surface area contributed by atoms with Gasteiger partial charge in [-0.2, -0.15) is 10.5 Å². The monoisotopic (exact) mass is 202 g/mol. The third kappa shape index (κ3) is 0.913. The smallest absolute Gasteiger partial charge is 0.156 e. The molecule has 0 saturated heterocycles. The lowest BCUT2D eigenvalue weighted by Gasteiger charge is -2.34. The van der Waals surface area contributed by atoms with Crippen molar-refractivity contribution in [3.8, 4) is 12.1 Å². The summed E-state index contributed by atoms with van der Waals surface area (Å²) in [6.07, 6.45) is 2.14. The Labute approximate surface area is 89.7 Å². The molecule has 0 amide bonds. The number of nitriles is 2. The fraction of sp³-hybridized carbons (Fsp3) is 0.750. The van der Waals surface area contributed by atoms with Gasteiger partial charge in [0.05, 0.1) is 12.1 Å². The van der Waals surface area contributed by atoms with Crippen molar-refractivity contribution < 1.29 is 4.79 Å². The molecule has 2 aliphatic rings. The fourth-order valence-corrected chi connectivity index (χ4v) is 3.56. The summed E-state index contributed by atoms with van der Waals surface area (Å²) >= 11 is 0. The summed E-state index contributed by atoms with van der Waals surface area (Å²) in [7, 11) is 0. The number of carbonyl (C=O) groups excluding carboxylic acids is 1. The van der Waals surface area contributed by atoms with Crippen molar-refractivity contribution in [1.82, 2.24) is 0 Å². The molecular weight excluding hydrogens is 188 g/mol. The van der Waals surface area contributed by atoms with Crippen molar-refractivity contribution in [2.45, 2.75) is 33.1 Å². The molecule has 3 nitrogen and oxygen atoms in total. The van der Waals surface area contributed by atoms with Crippen LogP contribution in [-0.2, 0) is 4.79 Å². The van der Waals surface area contributed by atoms with Gasteiger partial charge in [0.1, 0.15) is 5.92 Å². The Morgan fingerprint density at radius 2 is 2.13 bits per heavy atom. The Bertz CT molecular complexity index is 403. The highest BCUT2D eigenvalue weighted by Gasteiger charge is 2.68. The van der Waals surface area contributed by atoms with Crippen LogP contribution >= 0.6 is 0 Å². The Balaban J connectivity index is 2.50. The van der Waals surface area contributed by atoms with Crippen LogP contribution in [0.2, 0.25) is 0 Å². The second-order valence-electron chi connectivity index (χ2n) is 5.20. The number of fused-ring (bicyclic) bond motifs is 2. The third-order valence-corrected chi connectivity index (χ3v) is 4.85. The van der Waals surface area contributed by atoms with Crippen LogP contribution in [-0.4, -0.2) is 5.78 Å². The highest BCUT2D eigenvalue weighted by Crippen LogP contribution is 2.67. The van der Waals surface area contributed by atoms with Gasteiger partial charge >= 0.3 is 0 Å². The van der Waals surface area contributed by atoms with Gasteiger partial charge in [-0.05, 0) is 24.2 Å². The lowest BCUT2D eigenvalue weighted by molar-refractivity contribution is -0.130. The van der Waals surface area contributed by atoms with E-state index in [0.717, 1.165) is 12.8 Å². The Morgan fingerprint density at radius 3 is 2.60 bits per heavy atom. The van der Waals surface area contributed by atoms with Crippen LogP contribution in [0.25, 0.3) is 0 Å². The first kappa shape index (κ1) is 10.2. The van der Waals surface area contributed by atoms with E-state index in [1.807, 2.05) is 13.8 Å². The molecule has 3 heteroatoms. The predicted molar refractivity (Wildman–Crippen MR) is 53.3 cm³/mol. The van der Waals surface area contributed by atoms with Gasteiger partial charge in [0.2, 0.25) is 0 Å². The van der Waals surface area contributed by atoms with Crippen LogP contribution in [0, 0.1) is 45.3 Å². The summed E-state index contributed by atoms with van der Waals surface area (Å²) in [5.41, 5.74) is -0.715. The van der Waals surface area contributed by atoms with Gasteiger partial charge in [-0.1, -0.05) is 13.8 Å². The van der Waals surface area contributed by atoms with E-state index in [-0.39, 0.29) is 17.1 Å². The second-order valence-corrected chi connectivity index (χ2v) is 5.20. The van der Waals surface area contributed by atoms with Crippen molar-refractivity contribution in [3.05, 3.63) is 0 Å². The molecule has 2 aliphatic carbocycles. The molecule has 0 aromatic rings. The summed E-state index contributed by atoms with van der Waals surface area (Å²) in [6.45, 7) is 3.94. The number of hydrogen-bond donors (Lipinski definition) is 0. The average Bonchev–Trinajstić information content (AvgIpc) is 2.52. The summed E-state index contributed by atoms with van der Waals surface area (Å²) in [5, 5.41) is 17.9. The van der Waals surface area contributed by atoms with Crippen LogP contribution in [0.5, 0.6) is 0 Å². The molecule has 0 radical (unpaired) electrons. The van der Waals surface area contributed by atoms with Gasteiger partial charge in [-0.25, -0.2) is 0 Å². The molecule has 78 valence electrons. The highest BCUT2D eigenvalue weighted by molar-refractivity contribution is 5.93. The zero-order valence-corrected chi connectivity index (χ0v) is 9.08. The van der Waals surface area contributed by atoms with E-state index < -0.39 is 11.3 Å². The Morgan fingerprint density at radius 1 is 1.47 bits per heavy atom. The van der Waals surface area contributed by atoms with E-state index in [1.54, 1.807) is 0 Å². The molecule has 2 rings (SSSR count). The van der Waals surface area contributed by atoms with Crippen molar-refractivity contribution in [2.24, 2.45) is 22.7 Å². The minimum atomic E-state index is -0.470. The summed E-state index contributed by atoms with van der Waals surface area (Å²) in [5.74, 6) is -0.305. The van der Waals surface area contributed by atoms with E-state index in [0.29, 0.717) is 6.42 Å². The van der Waals surface area contributed by atoms with Crippen molar-refractivity contribution in [1.29, 1.82) is 10.5 Å². The fourth-order valence-electron chi connectivity index (χ4n) is 3.56. The Hall–Kier alpha value is -1.35. The summed E-state index contributed by atoms with van der Waals surface area (Å²) < 4.78 is 0. The molecule has 2 bridgehead atoms. The van der Waals surface area contributed by atoms with E-state index in [4.69, 9.17) is 10.5 Å². The molecule has 0 spiro atoms. The topological polar surface area (TPSA) is 64.7 Å². The number of ketones is 1. The molecule has 2 fully saturated rings. The summed E-state index contributed by atoms with van der Waals surface area (Å²) in [4.78, 5) is 12.1. The van der Waals surface area contributed by atoms with Gasteiger partial charge in [0, 0.05) is 11.8 Å². The molecule has 2 saturated carbocycles. The first-order valence-corrected chi connectivity index (χ1v) is 5.32. The largest absolute Gasteiger partial charge is 0.298 e. The van der Waals surface area contributed by atoms with Crippen molar-refractivity contribution in [2.75, 3.05) is 0 Å². The summed E-state index contributed by atoms with van der Waals surface area (Å²) in [6, 6.07) is 4.30. The van der Waals surface area contributed by atoms with Crippen LogP contribution < -0.4 is 0 Å². The average molecular weight is 202 g/mol. The van der Waals surface area contributed by atoms with E-state index in [2.05, 4.69) is 12.1 Å². The molecule has 0 heterocycles. The first-order chi connectivity index (χ1) is 7.01. The molecular formula is C12H14N2O. The normalized spacial score (nSPS) is 47.6. The zero-order valence-electron chi connectivity index (χ0n) is 9.08. The number of nitrogens with zero attached hydrogens (tertiary/aromatic N) is 2. The van der Waals surface area contributed by atoms with Gasteiger partial charge in [-0.15, -0.1) is 0 Å². The predicted octanol–water partition coefficient (Wildman–Crippen LogP) is 2.05. The van der Waals surface area contributed by atoms with Crippen molar-refractivity contribution >= 4 is 5.78 Å². The van der Waals surface area contributed by atoms with Gasteiger partial charge in [0.15, 0.2) is 5.78 Å². The second kappa shape index (κ2) is 2.83.